The van der Waals surface area contributed by atoms with Crippen molar-refractivity contribution in [3.63, 3.8) is 0 Å². The van der Waals surface area contributed by atoms with Gasteiger partial charge in [0.05, 0.1) is 0 Å². The number of rotatable bonds is 48. The molecule has 0 saturated heterocycles. The van der Waals surface area contributed by atoms with Crippen LogP contribution in [0.15, 0.2) is 109 Å². The van der Waals surface area contributed by atoms with Crippen molar-refractivity contribution < 1.29 is 28.6 Å². The molecule has 380 valence electrons. The topological polar surface area (TPSA) is 78.9 Å². The summed E-state index contributed by atoms with van der Waals surface area (Å²) in [6.07, 6.45) is 73.5. The van der Waals surface area contributed by atoms with Crippen LogP contribution in [0, 0.1) is 0 Å². The molecule has 0 aromatic carbocycles. The summed E-state index contributed by atoms with van der Waals surface area (Å²) in [5.41, 5.74) is 0. The summed E-state index contributed by atoms with van der Waals surface area (Å²) in [5.74, 6) is -0.937. The molecule has 0 spiro atoms. The summed E-state index contributed by atoms with van der Waals surface area (Å²) >= 11 is 0. The van der Waals surface area contributed by atoms with Gasteiger partial charge in [-0.3, -0.25) is 14.4 Å². The Morgan fingerprint density at radius 2 is 0.672 bits per heavy atom. The molecule has 6 heteroatoms. The van der Waals surface area contributed by atoms with Crippen LogP contribution in [-0.4, -0.2) is 37.2 Å². The number of allylic oxidation sites excluding steroid dienone is 18. The van der Waals surface area contributed by atoms with Crippen LogP contribution in [0.4, 0.5) is 0 Å². The van der Waals surface area contributed by atoms with Gasteiger partial charge in [-0.15, -0.1) is 0 Å². The van der Waals surface area contributed by atoms with Crippen molar-refractivity contribution in [3.8, 4) is 0 Å². The predicted molar refractivity (Wildman–Crippen MR) is 288 cm³/mol. The third kappa shape index (κ3) is 52.9. The van der Waals surface area contributed by atoms with E-state index in [2.05, 4.69) is 106 Å². The Morgan fingerprint density at radius 3 is 1.12 bits per heavy atom. The lowest BCUT2D eigenvalue weighted by Crippen LogP contribution is -2.30. The predicted octanol–water partition coefficient (Wildman–Crippen LogP) is 18.3. The van der Waals surface area contributed by atoms with Crippen LogP contribution in [-0.2, 0) is 28.6 Å². The molecule has 0 rings (SSSR count). The number of carbonyl (C=O) groups excluding carboxylic acids is 3. The second-order valence-corrected chi connectivity index (χ2v) is 17.9. The monoisotopic (exact) mass is 929 g/mol. The highest BCUT2D eigenvalue weighted by Gasteiger charge is 2.19. The highest BCUT2D eigenvalue weighted by Crippen LogP contribution is 2.14. The van der Waals surface area contributed by atoms with Gasteiger partial charge < -0.3 is 14.2 Å². The maximum Gasteiger partial charge on any atom is 0.306 e. The fraction of sp³-hybridized carbons (Fsp3) is 0.656. The van der Waals surface area contributed by atoms with Crippen LogP contribution in [0.1, 0.15) is 239 Å². The van der Waals surface area contributed by atoms with Gasteiger partial charge in [0.1, 0.15) is 13.2 Å². The SMILES string of the molecule is CC/C=C\C/C=C\C/C=C\CCCCCCCCCCCC(=O)OCC(COC(=O)CCCCCCC/C=C\CCCCC)OC(=O)CCCCCCC\C=C/C=C\C=C/C=C\C=C/CCC. The molecule has 0 saturated carbocycles. The number of hydrogen-bond donors (Lipinski definition) is 0. The van der Waals surface area contributed by atoms with Crippen molar-refractivity contribution in [1.82, 2.24) is 0 Å². The lowest BCUT2D eigenvalue weighted by molar-refractivity contribution is -0.167. The van der Waals surface area contributed by atoms with Crippen molar-refractivity contribution >= 4 is 17.9 Å². The maximum atomic E-state index is 12.8. The fourth-order valence-electron chi connectivity index (χ4n) is 7.25. The van der Waals surface area contributed by atoms with E-state index in [9.17, 15) is 14.4 Å². The van der Waals surface area contributed by atoms with Crippen LogP contribution in [0.2, 0.25) is 0 Å². The Balaban J connectivity index is 4.45. The lowest BCUT2D eigenvalue weighted by atomic mass is 10.1. The van der Waals surface area contributed by atoms with Gasteiger partial charge in [-0.1, -0.05) is 233 Å². The van der Waals surface area contributed by atoms with Crippen molar-refractivity contribution in [2.24, 2.45) is 0 Å². The molecule has 0 N–H and O–H groups in total. The summed E-state index contributed by atoms with van der Waals surface area (Å²) in [6.45, 7) is 6.38. The number of hydrogen-bond acceptors (Lipinski definition) is 6. The van der Waals surface area contributed by atoms with E-state index in [1.54, 1.807) is 0 Å². The van der Waals surface area contributed by atoms with Crippen LogP contribution in [0.3, 0.4) is 0 Å². The molecule has 0 amide bonds. The van der Waals surface area contributed by atoms with E-state index in [0.717, 1.165) is 116 Å². The number of ether oxygens (including phenoxy) is 3. The highest BCUT2D eigenvalue weighted by molar-refractivity contribution is 5.71. The molecule has 0 bridgehead atoms. The fourth-order valence-corrected chi connectivity index (χ4v) is 7.25. The molecule has 0 aromatic rings. The van der Waals surface area contributed by atoms with E-state index >= 15 is 0 Å². The minimum absolute atomic E-state index is 0.0958. The Bertz CT molecular complexity index is 1390. The van der Waals surface area contributed by atoms with Crippen molar-refractivity contribution in [3.05, 3.63) is 109 Å². The van der Waals surface area contributed by atoms with Gasteiger partial charge in [-0.25, -0.2) is 0 Å². The summed E-state index contributed by atoms with van der Waals surface area (Å²) in [6, 6.07) is 0. The average molecular weight is 929 g/mol. The standard InChI is InChI=1S/C61H100O6/c1-4-7-10-13-16-19-22-25-27-29-31-33-34-36-39-42-45-48-51-54-60(63)66-57-58(56-65-59(62)53-50-47-44-41-38-24-21-18-15-12-9-6-3)67-61(64)55-52-49-46-43-40-37-35-32-30-28-26-23-20-17-14-11-8-5-2/h7,10-11,14,16-21,23,25-28,30,32,35,58H,4-6,8-9,12-13,15,22,24,29,31,33-34,36-57H2,1-3H3/b10-7-,14-11-,19-16-,20-17-,21-18-,26-23-,27-25-,30-28-,35-32-. The Morgan fingerprint density at radius 1 is 0.328 bits per heavy atom. The number of unbranched alkanes of at least 4 members (excludes halogenated alkanes) is 23. The van der Waals surface area contributed by atoms with Crippen molar-refractivity contribution in [2.75, 3.05) is 13.2 Å². The molecule has 0 fully saturated rings. The first-order chi connectivity index (χ1) is 33.0. The van der Waals surface area contributed by atoms with E-state index in [4.69, 9.17) is 14.2 Å². The van der Waals surface area contributed by atoms with Gasteiger partial charge in [0.15, 0.2) is 6.10 Å². The second kappa shape index (κ2) is 54.7. The zero-order chi connectivity index (χ0) is 48.6. The third-order valence-electron chi connectivity index (χ3n) is 11.3. The molecule has 0 radical (unpaired) electrons. The van der Waals surface area contributed by atoms with E-state index in [0.29, 0.717) is 19.3 Å². The van der Waals surface area contributed by atoms with E-state index in [1.165, 1.54) is 83.5 Å². The highest BCUT2D eigenvalue weighted by atomic mass is 16.6. The van der Waals surface area contributed by atoms with Crippen LogP contribution < -0.4 is 0 Å². The smallest absolute Gasteiger partial charge is 0.306 e. The van der Waals surface area contributed by atoms with Crippen molar-refractivity contribution in [2.45, 2.75) is 245 Å². The summed E-state index contributed by atoms with van der Waals surface area (Å²) in [5, 5.41) is 0. The third-order valence-corrected chi connectivity index (χ3v) is 11.3. The summed E-state index contributed by atoms with van der Waals surface area (Å²) in [7, 11) is 0. The first kappa shape index (κ1) is 63.1. The summed E-state index contributed by atoms with van der Waals surface area (Å²) in [4.78, 5) is 38.1. The molecule has 0 aliphatic rings. The molecule has 0 aliphatic carbocycles. The lowest BCUT2D eigenvalue weighted by Gasteiger charge is -2.18. The molecule has 1 atom stereocenters. The van der Waals surface area contributed by atoms with E-state index < -0.39 is 6.10 Å². The molecule has 6 nitrogen and oxygen atoms in total. The molecular formula is C61H100O6. The van der Waals surface area contributed by atoms with E-state index in [-0.39, 0.29) is 31.1 Å². The van der Waals surface area contributed by atoms with E-state index in [1.807, 2.05) is 24.3 Å². The van der Waals surface area contributed by atoms with Crippen LogP contribution >= 0.6 is 0 Å². The molecular weight excluding hydrogens is 829 g/mol. The van der Waals surface area contributed by atoms with Gasteiger partial charge in [0.2, 0.25) is 0 Å². The van der Waals surface area contributed by atoms with Gasteiger partial charge in [-0.2, -0.15) is 0 Å². The molecule has 1 unspecified atom stereocenters. The average Bonchev–Trinajstić information content (AvgIpc) is 3.33. The molecule has 67 heavy (non-hydrogen) atoms. The van der Waals surface area contributed by atoms with Crippen LogP contribution in [0.25, 0.3) is 0 Å². The molecule has 0 aliphatic heterocycles. The van der Waals surface area contributed by atoms with Crippen molar-refractivity contribution in [1.29, 1.82) is 0 Å². The minimum atomic E-state index is -0.799. The number of esters is 3. The van der Waals surface area contributed by atoms with Crippen LogP contribution in [0.5, 0.6) is 0 Å². The minimum Gasteiger partial charge on any atom is -0.462 e. The first-order valence-electron chi connectivity index (χ1n) is 27.5. The maximum absolute atomic E-state index is 12.8. The molecule has 0 aromatic heterocycles. The summed E-state index contributed by atoms with van der Waals surface area (Å²) < 4.78 is 16.8. The quantitative estimate of drug-likeness (QED) is 0.0199. The number of carbonyl (C=O) groups is 3. The zero-order valence-electron chi connectivity index (χ0n) is 43.4. The Labute approximate surface area is 412 Å². The Hall–Kier alpha value is -3.93. The first-order valence-corrected chi connectivity index (χ1v) is 27.5. The second-order valence-electron chi connectivity index (χ2n) is 17.9. The van der Waals surface area contributed by atoms with Gasteiger partial charge >= 0.3 is 17.9 Å². The normalized spacial score (nSPS) is 12.9. The van der Waals surface area contributed by atoms with Gasteiger partial charge in [0.25, 0.3) is 0 Å². The largest absolute Gasteiger partial charge is 0.462 e. The molecule has 0 heterocycles. The Kier molecular flexibility index (Phi) is 51.5. The van der Waals surface area contributed by atoms with Gasteiger partial charge in [0, 0.05) is 19.3 Å². The zero-order valence-corrected chi connectivity index (χ0v) is 43.4. The van der Waals surface area contributed by atoms with Gasteiger partial charge in [-0.05, 0) is 96.3 Å².